The van der Waals surface area contributed by atoms with Crippen LogP contribution in [0.15, 0.2) is 0 Å². The van der Waals surface area contributed by atoms with Gasteiger partial charge in [0.1, 0.15) is 0 Å². The van der Waals surface area contributed by atoms with E-state index >= 15 is 0 Å². The smallest absolute Gasteiger partial charge is 0.0700 e. The van der Waals surface area contributed by atoms with Crippen LogP contribution >= 0.6 is 0 Å². The number of rotatable bonds is 13. The van der Waals surface area contributed by atoms with Gasteiger partial charge in [-0.25, -0.2) is 0 Å². The normalized spacial score (nSPS) is 13.2. The molecule has 1 unspecified atom stereocenters. The molecular weight excluding hydrogens is 230 g/mol. The fraction of sp³-hybridized carbons (Fsp3) is 1.00. The van der Waals surface area contributed by atoms with E-state index in [9.17, 15) is 0 Å². The Hall–Kier alpha value is -0.160. The maximum atomic E-state index is 5.48. The lowest BCUT2D eigenvalue weighted by atomic mass is 9.91. The van der Waals surface area contributed by atoms with E-state index in [1.807, 2.05) is 0 Å². The zero-order chi connectivity index (χ0) is 13.6. The van der Waals surface area contributed by atoms with Crippen molar-refractivity contribution in [2.75, 3.05) is 53.7 Å². The molecule has 0 rings (SSSR count). The highest BCUT2D eigenvalue weighted by Gasteiger charge is 2.12. The van der Waals surface area contributed by atoms with Crippen molar-refractivity contribution in [1.29, 1.82) is 0 Å². The minimum absolute atomic E-state index is 0.687. The summed E-state index contributed by atoms with van der Waals surface area (Å²) in [5, 5.41) is 3.44. The van der Waals surface area contributed by atoms with Gasteiger partial charge in [0.15, 0.2) is 0 Å². The highest BCUT2D eigenvalue weighted by atomic mass is 16.5. The van der Waals surface area contributed by atoms with E-state index in [4.69, 9.17) is 14.2 Å². The van der Waals surface area contributed by atoms with Gasteiger partial charge in [0.2, 0.25) is 0 Å². The van der Waals surface area contributed by atoms with E-state index in [2.05, 4.69) is 19.2 Å². The number of nitrogens with one attached hydrogen (secondary N) is 1. The summed E-state index contributed by atoms with van der Waals surface area (Å²) < 4.78 is 15.4. The SMILES string of the molecule is COCCNCC(CCCOCCOC)C(C)C. The van der Waals surface area contributed by atoms with Crippen LogP contribution in [0.25, 0.3) is 0 Å². The molecule has 0 aliphatic carbocycles. The van der Waals surface area contributed by atoms with Crippen LogP contribution < -0.4 is 5.32 Å². The third-order valence-electron chi connectivity index (χ3n) is 3.13. The molecule has 1 atom stereocenters. The van der Waals surface area contributed by atoms with E-state index in [1.165, 1.54) is 6.42 Å². The fourth-order valence-electron chi connectivity index (χ4n) is 1.82. The number of methoxy groups -OCH3 is 2. The van der Waals surface area contributed by atoms with Gasteiger partial charge in [0.05, 0.1) is 19.8 Å². The third-order valence-corrected chi connectivity index (χ3v) is 3.13. The Labute approximate surface area is 112 Å². The maximum Gasteiger partial charge on any atom is 0.0700 e. The van der Waals surface area contributed by atoms with Crippen molar-refractivity contribution in [3.05, 3.63) is 0 Å². The zero-order valence-corrected chi connectivity index (χ0v) is 12.5. The molecule has 0 aliphatic heterocycles. The molecule has 18 heavy (non-hydrogen) atoms. The van der Waals surface area contributed by atoms with Crippen LogP contribution in [0.3, 0.4) is 0 Å². The molecule has 0 aromatic carbocycles. The highest BCUT2D eigenvalue weighted by molar-refractivity contribution is 4.66. The molecule has 4 nitrogen and oxygen atoms in total. The van der Waals surface area contributed by atoms with E-state index < -0.39 is 0 Å². The van der Waals surface area contributed by atoms with Crippen LogP contribution in [-0.4, -0.2) is 53.7 Å². The van der Waals surface area contributed by atoms with Crippen LogP contribution in [0.1, 0.15) is 26.7 Å². The van der Waals surface area contributed by atoms with Crippen molar-refractivity contribution >= 4 is 0 Å². The molecule has 0 fully saturated rings. The summed E-state index contributed by atoms with van der Waals surface area (Å²) in [6.45, 7) is 9.59. The molecule has 0 aromatic rings. The first-order valence-electron chi connectivity index (χ1n) is 6.98. The van der Waals surface area contributed by atoms with Gasteiger partial charge in [-0.3, -0.25) is 0 Å². The molecule has 1 N–H and O–H groups in total. The Balaban J connectivity index is 3.51. The summed E-state index contributed by atoms with van der Waals surface area (Å²) in [5.74, 6) is 1.42. The molecule has 0 radical (unpaired) electrons. The average Bonchev–Trinajstić information content (AvgIpc) is 2.35. The van der Waals surface area contributed by atoms with Gasteiger partial charge in [-0.05, 0) is 31.2 Å². The summed E-state index contributed by atoms with van der Waals surface area (Å²) in [4.78, 5) is 0. The van der Waals surface area contributed by atoms with Crippen molar-refractivity contribution in [3.63, 3.8) is 0 Å². The van der Waals surface area contributed by atoms with Crippen LogP contribution in [-0.2, 0) is 14.2 Å². The average molecular weight is 261 g/mol. The number of hydrogen-bond acceptors (Lipinski definition) is 4. The molecular formula is C14H31NO3. The second kappa shape index (κ2) is 13.3. The first kappa shape index (κ1) is 17.8. The predicted octanol–water partition coefficient (Wildman–Crippen LogP) is 1.94. The summed E-state index contributed by atoms with van der Waals surface area (Å²) in [7, 11) is 3.43. The molecule has 0 aliphatic rings. The first-order valence-corrected chi connectivity index (χ1v) is 6.98. The van der Waals surface area contributed by atoms with Crippen molar-refractivity contribution in [3.8, 4) is 0 Å². The highest BCUT2D eigenvalue weighted by Crippen LogP contribution is 2.16. The molecule has 0 bridgehead atoms. The van der Waals surface area contributed by atoms with Gasteiger partial charge in [0.25, 0.3) is 0 Å². The Kier molecular flexibility index (Phi) is 13.2. The zero-order valence-electron chi connectivity index (χ0n) is 12.5. The quantitative estimate of drug-likeness (QED) is 0.514. The van der Waals surface area contributed by atoms with Gasteiger partial charge in [-0.1, -0.05) is 13.8 Å². The molecule has 0 aromatic heterocycles. The maximum absolute atomic E-state index is 5.48. The molecule has 110 valence electrons. The van der Waals surface area contributed by atoms with E-state index in [-0.39, 0.29) is 0 Å². The second-order valence-corrected chi connectivity index (χ2v) is 4.95. The van der Waals surface area contributed by atoms with E-state index in [1.54, 1.807) is 14.2 Å². The van der Waals surface area contributed by atoms with Crippen LogP contribution in [0.4, 0.5) is 0 Å². The van der Waals surface area contributed by atoms with Gasteiger partial charge >= 0.3 is 0 Å². The largest absolute Gasteiger partial charge is 0.383 e. The Morgan fingerprint density at radius 2 is 1.67 bits per heavy atom. The van der Waals surface area contributed by atoms with Crippen LogP contribution in [0, 0.1) is 11.8 Å². The lowest BCUT2D eigenvalue weighted by Crippen LogP contribution is -2.29. The lowest BCUT2D eigenvalue weighted by Gasteiger charge is -2.21. The van der Waals surface area contributed by atoms with Crippen LogP contribution in [0.5, 0.6) is 0 Å². The summed E-state index contributed by atoms with van der Waals surface area (Å²) in [5.41, 5.74) is 0. The Morgan fingerprint density at radius 1 is 0.944 bits per heavy atom. The minimum Gasteiger partial charge on any atom is -0.383 e. The Bertz CT molecular complexity index is 165. The number of ether oxygens (including phenoxy) is 3. The van der Waals surface area contributed by atoms with Crippen LogP contribution in [0.2, 0.25) is 0 Å². The van der Waals surface area contributed by atoms with Crippen molar-refractivity contribution in [2.45, 2.75) is 26.7 Å². The third kappa shape index (κ3) is 11.0. The minimum atomic E-state index is 0.687. The fourth-order valence-corrected chi connectivity index (χ4v) is 1.82. The molecule has 4 heteroatoms. The monoisotopic (exact) mass is 261 g/mol. The molecule has 0 spiro atoms. The van der Waals surface area contributed by atoms with E-state index in [0.29, 0.717) is 25.0 Å². The summed E-state index contributed by atoms with van der Waals surface area (Å²) >= 11 is 0. The number of hydrogen-bond donors (Lipinski definition) is 1. The van der Waals surface area contributed by atoms with Gasteiger partial charge in [-0.2, -0.15) is 0 Å². The van der Waals surface area contributed by atoms with Crippen molar-refractivity contribution in [1.82, 2.24) is 5.32 Å². The molecule has 0 saturated heterocycles. The molecule has 0 amide bonds. The molecule has 0 heterocycles. The predicted molar refractivity (Wildman–Crippen MR) is 75.0 cm³/mol. The second-order valence-electron chi connectivity index (χ2n) is 4.95. The van der Waals surface area contributed by atoms with Gasteiger partial charge < -0.3 is 19.5 Å². The Morgan fingerprint density at radius 3 is 2.28 bits per heavy atom. The van der Waals surface area contributed by atoms with Crippen molar-refractivity contribution < 1.29 is 14.2 Å². The standard InChI is InChI=1S/C14H31NO3/c1-13(2)14(12-15-7-9-16-3)6-5-8-18-11-10-17-4/h13-15H,5-12H2,1-4H3. The summed E-state index contributed by atoms with van der Waals surface area (Å²) in [6.07, 6.45) is 2.34. The first-order chi connectivity index (χ1) is 8.72. The summed E-state index contributed by atoms with van der Waals surface area (Å²) in [6, 6.07) is 0. The van der Waals surface area contributed by atoms with E-state index in [0.717, 1.165) is 32.7 Å². The molecule has 0 saturated carbocycles. The topological polar surface area (TPSA) is 39.7 Å². The van der Waals surface area contributed by atoms with Crippen molar-refractivity contribution in [2.24, 2.45) is 11.8 Å². The lowest BCUT2D eigenvalue weighted by molar-refractivity contribution is 0.0662. The van der Waals surface area contributed by atoms with Gasteiger partial charge in [0, 0.05) is 27.4 Å². The van der Waals surface area contributed by atoms with Gasteiger partial charge in [-0.15, -0.1) is 0 Å².